The van der Waals surface area contributed by atoms with Crippen LogP contribution in [0.25, 0.3) is 0 Å². The number of hydrogen-bond acceptors (Lipinski definition) is 4. The maximum atomic E-state index is 6.07. The number of pyridine rings is 1. The number of aromatic nitrogens is 1. The third-order valence-electron chi connectivity index (χ3n) is 4.12. The van der Waals surface area contributed by atoms with Gasteiger partial charge in [0.05, 0.1) is 5.69 Å². The zero-order valence-electron chi connectivity index (χ0n) is 11.5. The Bertz CT molecular complexity index is 410. The molecule has 0 saturated carbocycles. The van der Waals surface area contributed by atoms with E-state index in [-0.39, 0.29) is 5.54 Å². The lowest BCUT2D eigenvalue weighted by Crippen LogP contribution is -2.55. The third-order valence-corrected chi connectivity index (χ3v) is 5.50. The van der Waals surface area contributed by atoms with E-state index in [1.807, 2.05) is 24.8 Å². The van der Waals surface area contributed by atoms with Gasteiger partial charge in [-0.3, -0.25) is 9.88 Å². The predicted octanol–water partition coefficient (Wildman–Crippen LogP) is 2.04. The van der Waals surface area contributed by atoms with Gasteiger partial charge in [0, 0.05) is 29.6 Å². The van der Waals surface area contributed by atoms with Crippen LogP contribution in [0.3, 0.4) is 0 Å². The Morgan fingerprint density at radius 1 is 1.56 bits per heavy atom. The summed E-state index contributed by atoms with van der Waals surface area (Å²) in [6, 6.07) is 6.21. The maximum Gasteiger partial charge on any atom is 0.0547 e. The standard InChI is InChI=1S/C14H23N3S/c1-11-5-4-6-13(16-11)9-17(3)14(10-15)7-8-18-12(14)2/h4-6,12H,7-10,15H2,1-3H3. The van der Waals surface area contributed by atoms with Crippen molar-refractivity contribution in [2.24, 2.45) is 5.73 Å². The summed E-state index contributed by atoms with van der Waals surface area (Å²) in [5.41, 5.74) is 8.42. The molecule has 2 unspecified atom stereocenters. The molecule has 100 valence electrons. The van der Waals surface area contributed by atoms with Crippen LogP contribution >= 0.6 is 11.8 Å². The van der Waals surface area contributed by atoms with Gasteiger partial charge in [0.1, 0.15) is 0 Å². The zero-order valence-corrected chi connectivity index (χ0v) is 12.3. The summed E-state index contributed by atoms with van der Waals surface area (Å²) in [7, 11) is 2.18. The molecular weight excluding hydrogens is 242 g/mol. The quantitative estimate of drug-likeness (QED) is 0.904. The SMILES string of the molecule is Cc1cccc(CN(C)C2(CN)CCSC2C)n1. The third kappa shape index (κ3) is 2.56. The molecule has 0 spiro atoms. The summed E-state index contributed by atoms with van der Waals surface area (Å²) in [4.78, 5) is 6.99. The second-order valence-corrected chi connectivity index (χ2v) is 6.65. The van der Waals surface area contributed by atoms with E-state index in [0.717, 1.165) is 24.5 Å². The normalized spacial score (nSPS) is 27.9. The van der Waals surface area contributed by atoms with Gasteiger partial charge in [-0.2, -0.15) is 11.8 Å². The molecule has 1 aromatic heterocycles. The van der Waals surface area contributed by atoms with Gasteiger partial charge in [-0.1, -0.05) is 13.0 Å². The van der Waals surface area contributed by atoms with Crippen molar-refractivity contribution in [3.05, 3.63) is 29.6 Å². The minimum absolute atomic E-state index is 0.135. The average molecular weight is 265 g/mol. The Hall–Kier alpha value is -0.580. The second kappa shape index (κ2) is 5.59. The summed E-state index contributed by atoms with van der Waals surface area (Å²) in [5, 5.41) is 0.595. The number of nitrogens with two attached hydrogens (primary N) is 1. The molecule has 0 aromatic carbocycles. The summed E-state index contributed by atoms with van der Waals surface area (Å²) < 4.78 is 0. The van der Waals surface area contributed by atoms with Crippen molar-refractivity contribution in [3.8, 4) is 0 Å². The van der Waals surface area contributed by atoms with Gasteiger partial charge in [-0.05, 0) is 38.3 Å². The van der Waals surface area contributed by atoms with Crippen molar-refractivity contribution in [1.82, 2.24) is 9.88 Å². The van der Waals surface area contributed by atoms with E-state index in [4.69, 9.17) is 5.73 Å². The van der Waals surface area contributed by atoms with Crippen LogP contribution in [0.2, 0.25) is 0 Å². The monoisotopic (exact) mass is 265 g/mol. The van der Waals surface area contributed by atoms with E-state index < -0.39 is 0 Å². The van der Waals surface area contributed by atoms with E-state index in [1.165, 1.54) is 12.2 Å². The van der Waals surface area contributed by atoms with Gasteiger partial charge in [0.2, 0.25) is 0 Å². The Balaban J connectivity index is 2.13. The van der Waals surface area contributed by atoms with Crippen molar-refractivity contribution >= 4 is 11.8 Å². The van der Waals surface area contributed by atoms with Crippen LogP contribution in [0.15, 0.2) is 18.2 Å². The molecule has 4 heteroatoms. The van der Waals surface area contributed by atoms with Crippen molar-refractivity contribution in [3.63, 3.8) is 0 Å². The van der Waals surface area contributed by atoms with Gasteiger partial charge in [0.15, 0.2) is 0 Å². The highest BCUT2D eigenvalue weighted by Gasteiger charge is 2.43. The smallest absolute Gasteiger partial charge is 0.0547 e. The first-order valence-electron chi connectivity index (χ1n) is 6.54. The van der Waals surface area contributed by atoms with Crippen molar-refractivity contribution in [2.75, 3.05) is 19.3 Å². The Morgan fingerprint density at radius 2 is 2.33 bits per heavy atom. The largest absolute Gasteiger partial charge is 0.329 e. The van der Waals surface area contributed by atoms with Gasteiger partial charge in [0.25, 0.3) is 0 Å². The lowest BCUT2D eigenvalue weighted by atomic mass is 9.91. The van der Waals surface area contributed by atoms with E-state index in [1.54, 1.807) is 0 Å². The topological polar surface area (TPSA) is 42.1 Å². The number of likely N-dealkylation sites (N-methyl/N-ethyl adjacent to an activating group) is 1. The fourth-order valence-electron chi connectivity index (χ4n) is 2.78. The first-order valence-corrected chi connectivity index (χ1v) is 7.59. The van der Waals surface area contributed by atoms with Crippen LogP contribution in [0.4, 0.5) is 0 Å². The summed E-state index contributed by atoms with van der Waals surface area (Å²) in [6.07, 6.45) is 1.18. The molecule has 0 amide bonds. The molecular formula is C14H23N3S. The van der Waals surface area contributed by atoms with Crippen molar-refractivity contribution in [1.29, 1.82) is 0 Å². The molecule has 1 aliphatic heterocycles. The lowest BCUT2D eigenvalue weighted by Gasteiger charge is -2.40. The van der Waals surface area contributed by atoms with Crippen LogP contribution < -0.4 is 5.73 Å². The van der Waals surface area contributed by atoms with Crippen LogP contribution in [-0.4, -0.2) is 40.0 Å². The molecule has 2 atom stereocenters. The number of thioether (sulfide) groups is 1. The Labute approximate surface area is 114 Å². The van der Waals surface area contributed by atoms with Gasteiger partial charge in [-0.15, -0.1) is 0 Å². The minimum atomic E-state index is 0.135. The molecule has 3 nitrogen and oxygen atoms in total. The van der Waals surface area contributed by atoms with Crippen LogP contribution in [0.1, 0.15) is 24.7 Å². The molecule has 18 heavy (non-hydrogen) atoms. The second-order valence-electron chi connectivity index (χ2n) is 5.20. The maximum absolute atomic E-state index is 6.07. The molecule has 2 N–H and O–H groups in total. The fraction of sp³-hybridized carbons (Fsp3) is 0.643. The van der Waals surface area contributed by atoms with Crippen LogP contribution in [-0.2, 0) is 6.54 Å². The minimum Gasteiger partial charge on any atom is -0.329 e. The van der Waals surface area contributed by atoms with Crippen molar-refractivity contribution < 1.29 is 0 Å². The van der Waals surface area contributed by atoms with E-state index in [0.29, 0.717) is 5.25 Å². The highest BCUT2D eigenvalue weighted by molar-refractivity contribution is 8.00. The number of nitrogens with zero attached hydrogens (tertiary/aromatic N) is 2. The van der Waals surface area contributed by atoms with Crippen LogP contribution in [0, 0.1) is 6.92 Å². The number of aryl methyl sites for hydroxylation is 1. The Morgan fingerprint density at radius 3 is 2.89 bits per heavy atom. The van der Waals surface area contributed by atoms with E-state index >= 15 is 0 Å². The van der Waals surface area contributed by atoms with E-state index in [9.17, 15) is 0 Å². The van der Waals surface area contributed by atoms with Gasteiger partial charge < -0.3 is 5.73 Å². The van der Waals surface area contributed by atoms with Crippen LogP contribution in [0.5, 0.6) is 0 Å². The first kappa shape index (κ1) is 13.8. The van der Waals surface area contributed by atoms with Gasteiger partial charge >= 0.3 is 0 Å². The highest BCUT2D eigenvalue weighted by atomic mass is 32.2. The molecule has 2 rings (SSSR count). The number of hydrogen-bond donors (Lipinski definition) is 1. The first-order chi connectivity index (χ1) is 8.58. The molecule has 1 aromatic rings. The van der Waals surface area contributed by atoms with Gasteiger partial charge in [-0.25, -0.2) is 0 Å². The van der Waals surface area contributed by atoms with Crippen molar-refractivity contribution in [2.45, 2.75) is 37.6 Å². The molecule has 2 heterocycles. The lowest BCUT2D eigenvalue weighted by molar-refractivity contribution is 0.120. The molecule has 1 fully saturated rings. The summed E-state index contributed by atoms with van der Waals surface area (Å²) in [6.45, 7) is 5.94. The molecule has 0 bridgehead atoms. The predicted molar refractivity (Wildman–Crippen MR) is 78.8 cm³/mol. The summed E-state index contributed by atoms with van der Waals surface area (Å²) >= 11 is 2.03. The van der Waals surface area contributed by atoms with E-state index in [2.05, 4.69) is 36.0 Å². The fourth-order valence-corrected chi connectivity index (χ4v) is 4.31. The molecule has 1 aliphatic rings. The molecule has 1 saturated heterocycles. The summed E-state index contributed by atoms with van der Waals surface area (Å²) in [5.74, 6) is 1.21. The Kier molecular flexibility index (Phi) is 4.30. The zero-order chi connectivity index (χ0) is 13.2. The highest BCUT2D eigenvalue weighted by Crippen LogP contribution is 2.39. The molecule has 0 aliphatic carbocycles. The number of rotatable bonds is 4. The average Bonchev–Trinajstić information content (AvgIpc) is 2.71. The molecule has 0 radical (unpaired) electrons.